The molecule has 2 aromatic heterocycles. The summed E-state index contributed by atoms with van der Waals surface area (Å²) in [6, 6.07) is 7.66. The second-order valence-corrected chi connectivity index (χ2v) is 4.05. The Bertz CT molecular complexity index is 455. The van der Waals surface area contributed by atoms with E-state index in [0.717, 1.165) is 25.3 Å². The lowest BCUT2D eigenvalue weighted by atomic mass is 10.2. The first-order valence-corrected chi connectivity index (χ1v) is 6.19. The molecule has 0 amide bonds. The molecule has 2 heterocycles. The lowest BCUT2D eigenvalue weighted by Crippen LogP contribution is -2.13. The molecule has 0 saturated heterocycles. The molecule has 2 rings (SSSR count). The Morgan fingerprint density at radius 3 is 3.11 bits per heavy atom. The second-order valence-electron chi connectivity index (χ2n) is 4.05. The minimum absolute atomic E-state index is 0.409. The standard InChI is InChI=1S/C14H18N2O2/c1-2-6-15-10-12-5-7-16-14(9-12)18-11-13-4-3-8-17-13/h3-5,7-9,15H,2,6,10-11H2,1H3. The van der Waals surface area contributed by atoms with Crippen LogP contribution in [0.15, 0.2) is 41.1 Å². The summed E-state index contributed by atoms with van der Waals surface area (Å²) in [5.41, 5.74) is 1.17. The number of hydrogen-bond donors (Lipinski definition) is 1. The van der Waals surface area contributed by atoms with Crippen molar-refractivity contribution in [2.75, 3.05) is 6.54 Å². The molecule has 0 aliphatic carbocycles. The van der Waals surface area contributed by atoms with E-state index in [1.54, 1.807) is 12.5 Å². The normalized spacial score (nSPS) is 10.5. The molecule has 96 valence electrons. The number of ether oxygens (including phenoxy) is 1. The first kappa shape index (κ1) is 12.6. The zero-order valence-corrected chi connectivity index (χ0v) is 10.6. The smallest absolute Gasteiger partial charge is 0.213 e. The van der Waals surface area contributed by atoms with E-state index < -0.39 is 0 Å². The van der Waals surface area contributed by atoms with Crippen LogP contribution in [0.4, 0.5) is 0 Å². The van der Waals surface area contributed by atoms with Crippen molar-refractivity contribution in [3.05, 3.63) is 48.0 Å². The molecule has 2 aromatic rings. The van der Waals surface area contributed by atoms with Gasteiger partial charge in [-0.25, -0.2) is 4.98 Å². The van der Waals surface area contributed by atoms with Gasteiger partial charge in [-0.3, -0.25) is 0 Å². The maximum absolute atomic E-state index is 5.56. The molecule has 1 N–H and O–H groups in total. The summed E-state index contributed by atoms with van der Waals surface area (Å²) in [5, 5.41) is 3.35. The monoisotopic (exact) mass is 246 g/mol. The molecule has 0 aromatic carbocycles. The Hall–Kier alpha value is -1.81. The number of hydrogen-bond acceptors (Lipinski definition) is 4. The number of rotatable bonds is 7. The van der Waals surface area contributed by atoms with Gasteiger partial charge < -0.3 is 14.5 Å². The number of furan rings is 1. The Labute approximate surface area is 107 Å². The highest BCUT2D eigenvalue weighted by Gasteiger charge is 2.00. The van der Waals surface area contributed by atoms with E-state index >= 15 is 0 Å². The summed E-state index contributed by atoms with van der Waals surface area (Å²) in [7, 11) is 0. The fourth-order valence-corrected chi connectivity index (χ4v) is 1.59. The molecular formula is C14H18N2O2. The highest BCUT2D eigenvalue weighted by Crippen LogP contribution is 2.11. The van der Waals surface area contributed by atoms with Crippen molar-refractivity contribution in [3.8, 4) is 5.88 Å². The van der Waals surface area contributed by atoms with Crippen LogP contribution in [-0.4, -0.2) is 11.5 Å². The molecule has 0 spiro atoms. The van der Waals surface area contributed by atoms with Gasteiger partial charge in [-0.05, 0) is 36.7 Å². The van der Waals surface area contributed by atoms with Crippen molar-refractivity contribution in [2.24, 2.45) is 0 Å². The molecule has 0 unspecified atom stereocenters. The molecule has 18 heavy (non-hydrogen) atoms. The van der Waals surface area contributed by atoms with Crippen molar-refractivity contribution in [1.82, 2.24) is 10.3 Å². The quantitative estimate of drug-likeness (QED) is 0.763. The van der Waals surface area contributed by atoms with Gasteiger partial charge in [0.15, 0.2) is 0 Å². The molecule has 0 aliphatic rings. The summed E-state index contributed by atoms with van der Waals surface area (Å²) >= 11 is 0. The largest absolute Gasteiger partial charge is 0.469 e. The van der Waals surface area contributed by atoms with Crippen LogP contribution in [0.5, 0.6) is 5.88 Å². The van der Waals surface area contributed by atoms with E-state index in [1.165, 1.54) is 5.56 Å². The molecular weight excluding hydrogens is 228 g/mol. The third kappa shape index (κ3) is 3.89. The minimum Gasteiger partial charge on any atom is -0.469 e. The minimum atomic E-state index is 0.409. The average Bonchev–Trinajstić information content (AvgIpc) is 2.90. The van der Waals surface area contributed by atoms with Gasteiger partial charge in [0.05, 0.1) is 6.26 Å². The predicted molar refractivity (Wildman–Crippen MR) is 69.3 cm³/mol. The van der Waals surface area contributed by atoms with Crippen molar-refractivity contribution >= 4 is 0 Å². The Balaban J connectivity index is 1.86. The van der Waals surface area contributed by atoms with Crippen molar-refractivity contribution in [3.63, 3.8) is 0 Å². The highest BCUT2D eigenvalue weighted by atomic mass is 16.5. The predicted octanol–water partition coefficient (Wildman–Crippen LogP) is 2.75. The van der Waals surface area contributed by atoms with Gasteiger partial charge in [0.2, 0.25) is 5.88 Å². The first-order chi connectivity index (χ1) is 8.88. The van der Waals surface area contributed by atoms with Gasteiger partial charge in [0, 0.05) is 18.8 Å². The zero-order chi connectivity index (χ0) is 12.6. The van der Waals surface area contributed by atoms with Gasteiger partial charge in [-0.2, -0.15) is 0 Å². The summed E-state index contributed by atoms with van der Waals surface area (Å²) in [4.78, 5) is 4.18. The lowest BCUT2D eigenvalue weighted by molar-refractivity contribution is 0.260. The molecule has 4 nitrogen and oxygen atoms in total. The van der Waals surface area contributed by atoms with E-state index in [0.29, 0.717) is 12.5 Å². The molecule has 0 bridgehead atoms. The molecule has 0 radical (unpaired) electrons. The number of nitrogens with zero attached hydrogens (tertiary/aromatic N) is 1. The highest BCUT2D eigenvalue weighted by molar-refractivity contribution is 5.20. The number of nitrogens with one attached hydrogen (secondary N) is 1. The van der Waals surface area contributed by atoms with Crippen LogP contribution in [0.2, 0.25) is 0 Å². The number of aromatic nitrogens is 1. The molecule has 0 atom stereocenters. The molecule has 0 saturated carbocycles. The van der Waals surface area contributed by atoms with Crippen LogP contribution in [0.3, 0.4) is 0 Å². The SMILES string of the molecule is CCCNCc1ccnc(OCc2ccco2)c1. The van der Waals surface area contributed by atoms with Gasteiger partial charge in [-0.15, -0.1) is 0 Å². The topological polar surface area (TPSA) is 47.3 Å². The van der Waals surface area contributed by atoms with E-state index in [-0.39, 0.29) is 0 Å². The van der Waals surface area contributed by atoms with Crippen LogP contribution < -0.4 is 10.1 Å². The number of pyridine rings is 1. The van der Waals surface area contributed by atoms with E-state index in [1.807, 2.05) is 24.3 Å². The fraction of sp³-hybridized carbons (Fsp3) is 0.357. The third-order valence-corrected chi connectivity index (χ3v) is 2.50. The average molecular weight is 246 g/mol. The van der Waals surface area contributed by atoms with Gasteiger partial charge in [0.1, 0.15) is 12.4 Å². The Morgan fingerprint density at radius 1 is 1.39 bits per heavy atom. The maximum atomic E-state index is 5.56. The Kier molecular flexibility index (Phi) is 4.78. The van der Waals surface area contributed by atoms with Crippen LogP contribution >= 0.6 is 0 Å². The van der Waals surface area contributed by atoms with Crippen LogP contribution in [0.25, 0.3) is 0 Å². The molecule has 0 fully saturated rings. The maximum Gasteiger partial charge on any atom is 0.213 e. The summed E-state index contributed by atoms with van der Waals surface area (Å²) < 4.78 is 10.8. The van der Waals surface area contributed by atoms with Gasteiger partial charge >= 0.3 is 0 Å². The van der Waals surface area contributed by atoms with E-state index in [9.17, 15) is 0 Å². The second kappa shape index (κ2) is 6.81. The van der Waals surface area contributed by atoms with Crippen molar-refractivity contribution < 1.29 is 9.15 Å². The van der Waals surface area contributed by atoms with Gasteiger partial charge in [0.25, 0.3) is 0 Å². The first-order valence-electron chi connectivity index (χ1n) is 6.19. The molecule has 0 aliphatic heterocycles. The van der Waals surface area contributed by atoms with Crippen molar-refractivity contribution in [2.45, 2.75) is 26.5 Å². The van der Waals surface area contributed by atoms with Crippen LogP contribution in [0.1, 0.15) is 24.7 Å². The lowest BCUT2D eigenvalue weighted by Gasteiger charge is -2.06. The van der Waals surface area contributed by atoms with Crippen molar-refractivity contribution in [1.29, 1.82) is 0 Å². The summed E-state index contributed by atoms with van der Waals surface area (Å²) in [6.45, 7) is 4.42. The molecule has 4 heteroatoms. The summed E-state index contributed by atoms with van der Waals surface area (Å²) in [6.07, 6.45) is 4.53. The van der Waals surface area contributed by atoms with Gasteiger partial charge in [-0.1, -0.05) is 6.92 Å². The Morgan fingerprint density at radius 2 is 2.33 bits per heavy atom. The third-order valence-electron chi connectivity index (χ3n) is 2.50. The summed E-state index contributed by atoms with van der Waals surface area (Å²) in [5.74, 6) is 1.42. The zero-order valence-electron chi connectivity index (χ0n) is 10.6. The van der Waals surface area contributed by atoms with E-state index in [4.69, 9.17) is 9.15 Å². The van der Waals surface area contributed by atoms with Crippen LogP contribution in [-0.2, 0) is 13.2 Å². The van der Waals surface area contributed by atoms with E-state index in [2.05, 4.69) is 17.2 Å². The van der Waals surface area contributed by atoms with Crippen LogP contribution in [0, 0.1) is 0 Å². The fourth-order valence-electron chi connectivity index (χ4n) is 1.59.